The van der Waals surface area contributed by atoms with Crippen LogP contribution in [0.5, 0.6) is 0 Å². The summed E-state index contributed by atoms with van der Waals surface area (Å²) >= 11 is 3.45. The van der Waals surface area contributed by atoms with Gasteiger partial charge in [-0.3, -0.25) is 4.79 Å². The first-order valence-corrected chi connectivity index (χ1v) is 10.9. The van der Waals surface area contributed by atoms with E-state index in [1.165, 1.54) is 17.1 Å². The van der Waals surface area contributed by atoms with Gasteiger partial charge in [0.25, 0.3) is 0 Å². The lowest BCUT2D eigenvalue weighted by molar-refractivity contribution is -0.131. The zero-order valence-corrected chi connectivity index (χ0v) is 16.7. The fraction of sp³-hybridized carbons (Fsp3) is 0.867. The highest BCUT2D eigenvalue weighted by Gasteiger charge is 2.53. The van der Waals surface area contributed by atoms with Crippen LogP contribution in [0.4, 0.5) is 4.79 Å². The average Bonchev–Trinajstić information content (AvgIpc) is 2.73. The highest BCUT2D eigenvalue weighted by Crippen LogP contribution is 2.47. The number of hydroxylamine groups is 2. The van der Waals surface area contributed by atoms with Crippen molar-refractivity contribution in [3.8, 4) is 0 Å². The van der Waals surface area contributed by atoms with Crippen molar-refractivity contribution in [2.24, 2.45) is 5.41 Å². The Morgan fingerprint density at radius 3 is 2.83 bits per heavy atom. The predicted octanol–water partition coefficient (Wildman–Crippen LogP) is 1.44. The van der Waals surface area contributed by atoms with Crippen LogP contribution < -0.4 is 5.32 Å². The van der Waals surface area contributed by atoms with E-state index in [9.17, 15) is 9.59 Å². The summed E-state index contributed by atoms with van der Waals surface area (Å²) < 4.78 is 6.25. The number of hydrogen-bond acceptors (Lipinski definition) is 5. The van der Waals surface area contributed by atoms with Crippen molar-refractivity contribution < 1.29 is 13.9 Å². The second-order valence-electron chi connectivity index (χ2n) is 7.60. The third-order valence-electron chi connectivity index (χ3n) is 5.72. The Balaban J connectivity index is 1.31. The topological polar surface area (TPSA) is 65.1 Å². The molecule has 2 atom stereocenters. The largest absolute Gasteiger partial charge is 0.352 e. The van der Waals surface area contributed by atoms with Gasteiger partial charge in [0.2, 0.25) is 5.91 Å². The van der Waals surface area contributed by atoms with Gasteiger partial charge in [0.15, 0.2) is 0 Å². The summed E-state index contributed by atoms with van der Waals surface area (Å²) in [5, 5.41) is 4.63. The lowest BCUT2D eigenvalue weighted by Crippen LogP contribution is -2.66. The Labute approximate surface area is 160 Å². The summed E-state index contributed by atoms with van der Waals surface area (Å²) in [5.74, 6) is 0.0118. The lowest BCUT2D eigenvalue weighted by Gasteiger charge is -2.58. The Kier molecular flexibility index (Phi) is 4.63. The van der Waals surface area contributed by atoms with Crippen LogP contribution in [-0.2, 0) is 9.08 Å². The monoisotopic (exact) mass is 466 g/mol. The number of piperidine rings is 1. The number of alkyl halides is 1. The first-order chi connectivity index (χ1) is 11.5. The molecule has 9 heteroatoms. The highest BCUT2D eigenvalue weighted by atomic mass is 127. The molecule has 3 amide bonds. The number of carbonyl (C=O) groups excluding carboxylic acids is 2. The minimum atomic E-state index is -0.340. The molecule has 1 spiro atoms. The SMILES string of the molecule is CN1CC2(CC(NC(=O)C3CCC4CN3C(=O)N4OSCI)C2)C1. The summed E-state index contributed by atoms with van der Waals surface area (Å²) in [4.78, 5) is 29.2. The number of carbonyl (C=O) groups is 2. The fourth-order valence-corrected chi connectivity index (χ4v) is 5.50. The molecule has 4 aliphatic rings. The predicted molar refractivity (Wildman–Crippen MR) is 99.4 cm³/mol. The molecule has 2 unspecified atom stereocenters. The number of likely N-dealkylation sites (tertiary alicyclic amines) is 1. The molecule has 134 valence electrons. The molecule has 3 saturated heterocycles. The lowest BCUT2D eigenvalue weighted by atomic mass is 9.61. The first kappa shape index (κ1) is 17.2. The quantitative estimate of drug-likeness (QED) is 0.378. The van der Waals surface area contributed by atoms with Gasteiger partial charge in [-0.2, -0.15) is 9.35 Å². The zero-order chi connectivity index (χ0) is 16.9. The summed E-state index contributed by atoms with van der Waals surface area (Å²) in [6.45, 7) is 2.89. The van der Waals surface area contributed by atoms with E-state index in [-0.39, 0.29) is 30.1 Å². The molecule has 3 aliphatic heterocycles. The highest BCUT2D eigenvalue weighted by molar-refractivity contribution is 14.1. The minimum Gasteiger partial charge on any atom is -0.352 e. The van der Waals surface area contributed by atoms with Crippen molar-refractivity contribution >= 4 is 46.6 Å². The summed E-state index contributed by atoms with van der Waals surface area (Å²) in [7, 11) is 2.14. The maximum absolute atomic E-state index is 12.7. The van der Waals surface area contributed by atoms with Crippen LogP contribution >= 0.6 is 34.6 Å². The molecule has 24 heavy (non-hydrogen) atoms. The normalized spacial score (nSPS) is 32.0. The second-order valence-corrected chi connectivity index (χ2v) is 10.1. The number of nitrogens with zero attached hydrogens (tertiary/aromatic N) is 3. The van der Waals surface area contributed by atoms with Gasteiger partial charge in [0.1, 0.15) is 6.04 Å². The molecular weight excluding hydrogens is 443 g/mol. The third kappa shape index (κ3) is 2.90. The van der Waals surface area contributed by atoms with E-state index in [4.69, 9.17) is 4.28 Å². The van der Waals surface area contributed by atoms with Crippen molar-refractivity contribution in [3.63, 3.8) is 0 Å². The molecule has 0 radical (unpaired) electrons. The number of fused-ring (bicyclic) bond motifs is 2. The molecule has 0 aromatic heterocycles. The van der Waals surface area contributed by atoms with Gasteiger partial charge in [0, 0.05) is 37.7 Å². The molecular formula is C15H23IN4O3S. The molecule has 0 aromatic rings. The molecule has 4 fully saturated rings. The molecule has 4 rings (SSSR count). The van der Waals surface area contributed by atoms with Gasteiger partial charge < -0.3 is 15.1 Å². The number of urea groups is 1. The Bertz CT molecular complexity index is 537. The molecule has 1 N–H and O–H groups in total. The molecule has 2 bridgehead atoms. The maximum atomic E-state index is 12.7. The molecule has 7 nitrogen and oxygen atoms in total. The van der Waals surface area contributed by atoms with E-state index in [0.29, 0.717) is 12.0 Å². The zero-order valence-electron chi connectivity index (χ0n) is 13.7. The van der Waals surface area contributed by atoms with Crippen LogP contribution in [-0.4, -0.2) is 75.4 Å². The van der Waals surface area contributed by atoms with Crippen LogP contribution in [0.3, 0.4) is 0 Å². The molecule has 1 aliphatic carbocycles. The number of hydrogen-bond donors (Lipinski definition) is 1. The van der Waals surface area contributed by atoms with Gasteiger partial charge in [-0.15, -0.1) is 0 Å². The molecule has 0 aromatic carbocycles. The number of halogens is 1. The summed E-state index contributed by atoms with van der Waals surface area (Å²) in [6.07, 6.45) is 3.70. The van der Waals surface area contributed by atoms with Crippen LogP contribution in [0.2, 0.25) is 0 Å². The van der Waals surface area contributed by atoms with Crippen LogP contribution in [0.1, 0.15) is 25.7 Å². The van der Waals surface area contributed by atoms with Gasteiger partial charge in [-0.05, 0) is 38.1 Å². The van der Waals surface area contributed by atoms with Crippen LogP contribution in [0, 0.1) is 5.41 Å². The van der Waals surface area contributed by atoms with E-state index >= 15 is 0 Å². The molecule has 3 heterocycles. The van der Waals surface area contributed by atoms with Gasteiger partial charge in [0.05, 0.1) is 9.80 Å². The average molecular weight is 466 g/mol. The van der Waals surface area contributed by atoms with Crippen molar-refractivity contribution in [2.75, 3.05) is 30.4 Å². The van der Waals surface area contributed by atoms with E-state index in [0.717, 1.165) is 42.5 Å². The minimum absolute atomic E-state index is 0.0118. The van der Waals surface area contributed by atoms with Gasteiger partial charge >= 0.3 is 6.03 Å². The van der Waals surface area contributed by atoms with Gasteiger partial charge in [-0.25, -0.2) is 4.79 Å². The van der Waals surface area contributed by atoms with Crippen LogP contribution in [0.25, 0.3) is 0 Å². The number of amides is 3. The van der Waals surface area contributed by atoms with Crippen molar-refractivity contribution in [2.45, 2.75) is 43.8 Å². The maximum Gasteiger partial charge on any atom is 0.345 e. The Morgan fingerprint density at radius 1 is 1.42 bits per heavy atom. The van der Waals surface area contributed by atoms with E-state index in [1.807, 2.05) is 0 Å². The summed E-state index contributed by atoms with van der Waals surface area (Å²) in [6, 6.07) is -0.147. The number of rotatable bonds is 5. The van der Waals surface area contributed by atoms with Crippen molar-refractivity contribution in [3.05, 3.63) is 0 Å². The standard InChI is InChI=1S/C15H23IN4O3S/c1-18-7-15(8-18)4-10(5-15)17-13(21)12-3-2-11-6-19(12)14(22)20(11)23-24-9-16/h10-12H,2-9H2,1H3,(H,17,21). The number of nitrogens with one attached hydrogen (secondary N) is 1. The van der Waals surface area contributed by atoms with Crippen LogP contribution in [0.15, 0.2) is 0 Å². The first-order valence-electron chi connectivity index (χ1n) is 8.46. The van der Waals surface area contributed by atoms with E-state index < -0.39 is 0 Å². The second kappa shape index (κ2) is 6.48. The fourth-order valence-electron chi connectivity index (χ4n) is 4.82. The van der Waals surface area contributed by atoms with Crippen molar-refractivity contribution in [1.29, 1.82) is 0 Å². The summed E-state index contributed by atoms with van der Waals surface area (Å²) in [5.41, 5.74) is 0.453. The molecule has 1 saturated carbocycles. The smallest absolute Gasteiger partial charge is 0.345 e. The van der Waals surface area contributed by atoms with Crippen molar-refractivity contribution in [1.82, 2.24) is 20.2 Å². The third-order valence-corrected chi connectivity index (χ3v) is 6.84. The Hall–Kier alpha value is -0.260. The Morgan fingerprint density at radius 2 is 2.17 bits per heavy atom. The van der Waals surface area contributed by atoms with Gasteiger partial charge in [-0.1, -0.05) is 22.6 Å². The van der Waals surface area contributed by atoms with E-state index in [1.54, 1.807) is 4.90 Å². The van der Waals surface area contributed by atoms with E-state index in [2.05, 4.69) is 39.9 Å².